The van der Waals surface area contributed by atoms with Crippen LogP contribution in [-0.4, -0.2) is 23.5 Å². The van der Waals surface area contributed by atoms with Gasteiger partial charge >= 0.3 is 0 Å². The lowest BCUT2D eigenvalue weighted by molar-refractivity contribution is -0.255. The van der Waals surface area contributed by atoms with E-state index >= 15 is 0 Å². The van der Waals surface area contributed by atoms with Gasteiger partial charge in [0.2, 0.25) is 5.91 Å². The second kappa shape index (κ2) is 7.04. The van der Waals surface area contributed by atoms with Crippen LogP contribution >= 0.6 is 11.3 Å². The molecular weight excluding hydrogens is 304 g/mol. The number of carbonyl (C=O) groups is 2. The van der Waals surface area contributed by atoms with E-state index in [0.29, 0.717) is 17.3 Å². The Morgan fingerprint density at radius 3 is 2.59 bits per heavy atom. The lowest BCUT2D eigenvalue weighted by Gasteiger charge is -2.10. The SMILES string of the molecule is CCOc1ccc(NC(=O)[C@@H](C)c2nc(C(=O)[O-])cs2)cc1. The number of nitrogens with one attached hydrogen (secondary N) is 1. The Bertz CT molecular complexity index is 666. The first-order valence-electron chi connectivity index (χ1n) is 6.71. The number of aromatic carboxylic acids is 1. The fourth-order valence-corrected chi connectivity index (χ4v) is 2.59. The van der Waals surface area contributed by atoms with Crippen molar-refractivity contribution < 1.29 is 19.4 Å². The van der Waals surface area contributed by atoms with Gasteiger partial charge in [-0.2, -0.15) is 0 Å². The van der Waals surface area contributed by atoms with E-state index in [9.17, 15) is 14.7 Å². The average molecular weight is 319 g/mol. The number of nitrogens with zero attached hydrogens (tertiary/aromatic N) is 1. The summed E-state index contributed by atoms with van der Waals surface area (Å²) in [7, 11) is 0. The van der Waals surface area contributed by atoms with Crippen molar-refractivity contribution in [2.45, 2.75) is 19.8 Å². The number of hydrogen-bond acceptors (Lipinski definition) is 6. The summed E-state index contributed by atoms with van der Waals surface area (Å²) in [5.74, 6) is -1.43. The first-order valence-corrected chi connectivity index (χ1v) is 7.59. The van der Waals surface area contributed by atoms with Gasteiger partial charge in [0.1, 0.15) is 10.8 Å². The summed E-state index contributed by atoms with van der Waals surface area (Å²) >= 11 is 1.12. The van der Waals surface area contributed by atoms with Crippen LogP contribution in [0.2, 0.25) is 0 Å². The standard InChI is InChI=1S/C15H16N2O4S/c1-3-21-11-6-4-10(5-7-11)16-13(18)9(2)14-17-12(8-22-14)15(19)20/h4-9H,3H2,1-2H3,(H,16,18)(H,19,20)/p-1/t9-/m1/s1. The number of benzene rings is 1. The maximum absolute atomic E-state index is 12.2. The molecule has 0 fully saturated rings. The number of amides is 1. The predicted molar refractivity (Wildman–Crippen MR) is 81.1 cm³/mol. The van der Waals surface area contributed by atoms with Crippen molar-refractivity contribution >= 4 is 28.9 Å². The monoisotopic (exact) mass is 319 g/mol. The number of ether oxygens (including phenoxy) is 1. The lowest BCUT2D eigenvalue weighted by atomic mass is 10.1. The van der Waals surface area contributed by atoms with Gasteiger partial charge in [-0.05, 0) is 38.1 Å². The van der Waals surface area contributed by atoms with Gasteiger partial charge in [0.05, 0.1) is 24.2 Å². The zero-order chi connectivity index (χ0) is 16.1. The smallest absolute Gasteiger partial charge is 0.234 e. The first kappa shape index (κ1) is 16.0. The van der Waals surface area contributed by atoms with Gasteiger partial charge in [0.15, 0.2) is 0 Å². The van der Waals surface area contributed by atoms with Crippen LogP contribution in [-0.2, 0) is 4.79 Å². The fourth-order valence-electron chi connectivity index (χ4n) is 1.74. The Morgan fingerprint density at radius 1 is 1.36 bits per heavy atom. The van der Waals surface area contributed by atoms with E-state index in [2.05, 4.69) is 10.3 Å². The third-order valence-corrected chi connectivity index (χ3v) is 3.96. The maximum atomic E-state index is 12.2. The molecule has 22 heavy (non-hydrogen) atoms. The summed E-state index contributed by atoms with van der Waals surface area (Å²) in [5.41, 5.74) is 0.484. The Morgan fingerprint density at radius 2 is 2.05 bits per heavy atom. The van der Waals surface area contributed by atoms with Crippen LogP contribution in [0.5, 0.6) is 5.75 Å². The molecule has 0 aliphatic carbocycles. The van der Waals surface area contributed by atoms with Crippen LogP contribution in [0.4, 0.5) is 5.69 Å². The maximum Gasteiger partial charge on any atom is 0.234 e. The van der Waals surface area contributed by atoms with E-state index in [1.165, 1.54) is 5.38 Å². The molecule has 6 nitrogen and oxygen atoms in total. The molecule has 0 bridgehead atoms. The van der Waals surface area contributed by atoms with Gasteiger partial charge in [-0.25, -0.2) is 4.98 Å². The van der Waals surface area contributed by atoms with E-state index in [1.807, 2.05) is 6.92 Å². The molecule has 7 heteroatoms. The molecule has 0 unspecified atom stereocenters. The fraction of sp³-hybridized carbons (Fsp3) is 0.267. The summed E-state index contributed by atoms with van der Waals surface area (Å²) in [5, 5.41) is 15.3. The Hall–Kier alpha value is -2.41. The van der Waals surface area contributed by atoms with Crippen molar-refractivity contribution in [1.82, 2.24) is 4.98 Å². The van der Waals surface area contributed by atoms with Gasteiger partial charge in [0, 0.05) is 11.1 Å². The number of carboxylic acids is 1. The molecule has 1 amide bonds. The summed E-state index contributed by atoms with van der Waals surface area (Å²) < 4.78 is 5.33. The predicted octanol–water partition coefficient (Wildman–Crippen LogP) is 1.65. The van der Waals surface area contributed by atoms with Crippen molar-refractivity contribution in [2.24, 2.45) is 0 Å². The highest BCUT2D eigenvalue weighted by Crippen LogP contribution is 2.22. The van der Waals surface area contributed by atoms with Crippen LogP contribution in [0.1, 0.15) is 35.3 Å². The summed E-state index contributed by atoms with van der Waals surface area (Å²) in [6.07, 6.45) is 0. The molecule has 0 aliphatic rings. The highest BCUT2D eigenvalue weighted by Gasteiger charge is 2.19. The largest absolute Gasteiger partial charge is 0.543 e. The lowest BCUT2D eigenvalue weighted by Crippen LogP contribution is -2.23. The molecule has 0 spiro atoms. The third-order valence-electron chi connectivity index (χ3n) is 2.93. The average Bonchev–Trinajstić information content (AvgIpc) is 2.99. The van der Waals surface area contributed by atoms with Gasteiger partial charge in [-0.3, -0.25) is 4.79 Å². The summed E-state index contributed by atoms with van der Waals surface area (Å²) in [6.45, 7) is 4.14. The Balaban J connectivity index is 2.02. The van der Waals surface area contributed by atoms with E-state index in [1.54, 1.807) is 31.2 Å². The minimum Gasteiger partial charge on any atom is -0.543 e. The molecule has 1 atom stereocenters. The molecular formula is C15H15N2O4S-. The van der Waals surface area contributed by atoms with Crippen molar-refractivity contribution in [3.63, 3.8) is 0 Å². The van der Waals surface area contributed by atoms with Gasteiger partial charge in [-0.15, -0.1) is 11.3 Å². The van der Waals surface area contributed by atoms with E-state index in [-0.39, 0.29) is 11.6 Å². The highest BCUT2D eigenvalue weighted by atomic mass is 32.1. The Kier molecular flexibility index (Phi) is 5.11. The second-order valence-corrected chi connectivity index (χ2v) is 5.42. The topological polar surface area (TPSA) is 91.3 Å². The molecule has 116 valence electrons. The van der Waals surface area contributed by atoms with Gasteiger partial charge in [0.25, 0.3) is 0 Å². The van der Waals surface area contributed by atoms with E-state index < -0.39 is 11.9 Å². The van der Waals surface area contributed by atoms with Gasteiger partial charge < -0.3 is 20.0 Å². The molecule has 0 saturated carbocycles. The van der Waals surface area contributed by atoms with Crippen LogP contribution < -0.4 is 15.2 Å². The van der Waals surface area contributed by atoms with Crippen molar-refractivity contribution in [1.29, 1.82) is 0 Å². The molecule has 1 aromatic heterocycles. The normalized spacial score (nSPS) is 11.7. The van der Waals surface area contributed by atoms with Crippen molar-refractivity contribution in [2.75, 3.05) is 11.9 Å². The van der Waals surface area contributed by atoms with Gasteiger partial charge in [-0.1, -0.05) is 0 Å². The van der Waals surface area contributed by atoms with Crippen molar-refractivity contribution in [3.8, 4) is 5.75 Å². The van der Waals surface area contributed by atoms with Crippen LogP contribution in [0.25, 0.3) is 0 Å². The van der Waals surface area contributed by atoms with Crippen LogP contribution in [0, 0.1) is 0 Å². The number of hydrogen-bond donors (Lipinski definition) is 1. The molecule has 0 saturated heterocycles. The summed E-state index contributed by atoms with van der Waals surface area (Å²) in [4.78, 5) is 26.8. The second-order valence-electron chi connectivity index (χ2n) is 4.53. The number of carbonyl (C=O) groups excluding carboxylic acids is 2. The minimum absolute atomic E-state index is 0.152. The zero-order valence-corrected chi connectivity index (χ0v) is 13.0. The van der Waals surface area contributed by atoms with Crippen molar-refractivity contribution in [3.05, 3.63) is 40.3 Å². The quantitative estimate of drug-likeness (QED) is 0.874. The number of rotatable bonds is 6. The van der Waals surface area contributed by atoms with Crippen LogP contribution in [0.15, 0.2) is 29.6 Å². The zero-order valence-electron chi connectivity index (χ0n) is 12.2. The number of thiazole rings is 1. The molecule has 1 heterocycles. The Labute approximate surface area is 131 Å². The van der Waals surface area contributed by atoms with Crippen LogP contribution in [0.3, 0.4) is 0 Å². The molecule has 2 rings (SSSR count). The number of aromatic nitrogens is 1. The highest BCUT2D eigenvalue weighted by molar-refractivity contribution is 7.10. The number of carboxylic acid groups (broad SMARTS) is 1. The molecule has 1 N–H and O–H groups in total. The molecule has 0 radical (unpaired) electrons. The van der Waals surface area contributed by atoms with E-state index in [4.69, 9.17) is 4.74 Å². The molecule has 1 aromatic carbocycles. The minimum atomic E-state index is -1.35. The number of anilines is 1. The summed E-state index contributed by atoms with van der Waals surface area (Å²) in [6, 6.07) is 7.01. The first-order chi connectivity index (χ1) is 10.5. The van der Waals surface area contributed by atoms with E-state index in [0.717, 1.165) is 17.1 Å². The molecule has 2 aromatic rings. The third kappa shape index (κ3) is 3.82. The molecule has 0 aliphatic heterocycles.